The van der Waals surface area contributed by atoms with Crippen LogP contribution in [0.4, 0.5) is 10.1 Å². The van der Waals surface area contributed by atoms with Crippen LogP contribution in [0.15, 0.2) is 78.4 Å². The lowest BCUT2D eigenvalue weighted by molar-refractivity contribution is -0.105. The molecule has 3 atom stereocenters. The average Bonchev–Trinajstić information content (AvgIpc) is 3.10. The van der Waals surface area contributed by atoms with Crippen LogP contribution in [0.1, 0.15) is 147 Å². The minimum Gasteiger partial charge on any atom is -0.483 e. The number of rotatable bonds is 18. The Morgan fingerprint density at radius 2 is 1.51 bits per heavy atom. The number of ether oxygens (including phenoxy) is 1. The zero-order valence-corrected chi connectivity index (χ0v) is 34.3. The van der Waals surface area contributed by atoms with Crippen molar-refractivity contribution in [2.75, 3.05) is 5.32 Å². The lowest BCUT2D eigenvalue weighted by Gasteiger charge is -2.39. The highest BCUT2D eigenvalue weighted by Crippen LogP contribution is 2.52. The van der Waals surface area contributed by atoms with E-state index in [-0.39, 0.29) is 23.6 Å². The van der Waals surface area contributed by atoms with E-state index in [0.29, 0.717) is 28.6 Å². The maximum Gasteiger partial charge on any atom is 0.211 e. The molecule has 1 N–H and O–H groups in total. The summed E-state index contributed by atoms with van der Waals surface area (Å²) < 4.78 is 21.9. The molecule has 3 nitrogen and oxygen atoms in total. The van der Waals surface area contributed by atoms with Gasteiger partial charge < -0.3 is 10.1 Å². The summed E-state index contributed by atoms with van der Waals surface area (Å²) in [6, 6.07) is 16.4. The fourth-order valence-corrected chi connectivity index (χ4v) is 7.34. The van der Waals surface area contributed by atoms with Crippen molar-refractivity contribution in [3.8, 4) is 5.75 Å². The van der Waals surface area contributed by atoms with E-state index in [1.54, 1.807) is 12.1 Å². The SMILES string of the molecule is C=C(C)C(CCC)(CCC)Oc1ccc(Cl)cc1C(C/C(C)=C/C)C(c1ccc(Cl)cc1NC=O)C(C)c1cc(F)ccc1C.CCC(C)CC. The van der Waals surface area contributed by atoms with E-state index in [9.17, 15) is 9.18 Å². The first-order valence-corrected chi connectivity index (χ1v) is 19.5. The summed E-state index contributed by atoms with van der Waals surface area (Å²) >= 11 is 13.2. The molecule has 1 amide bonds. The van der Waals surface area contributed by atoms with Crippen LogP contribution in [0, 0.1) is 18.7 Å². The second-order valence-electron chi connectivity index (χ2n) is 14.2. The minimum atomic E-state index is -0.531. The highest BCUT2D eigenvalue weighted by Gasteiger charge is 2.38. The Labute approximate surface area is 319 Å². The molecule has 3 aromatic rings. The number of anilines is 1. The number of hydrogen-bond donors (Lipinski definition) is 1. The molecule has 0 heterocycles. The Kier molecular flexibility index (Phi) is 18.5. The van der Waals surface area contributed by atoms with E-state index in [0.717, 1.165) is 65.2 Å². The van der Waals surface area contributed by atoms with Gasteiger partial charge in [-0.05, 0) is 141 Å². The van der Waals surface area contributed by atoms with Crippen LogP contribution in [0.5, 0.6) is 5.75 Å². The topological polar surface area (TPSA) is 38.3 Å². The fraction of sp³-hybridized carbons (Fsp3) is 0.489. The number of amides is 1. The maximum atomic E-state index is 14.8. The number of benzene rings is 3. The molecule has 51 heavy (non-hydrogen) atoms. The third-order valence-electron chi connectivity index (χ3n) is 10.5. The van der Waals surface area contributed by atoms with Gasteiger partial charge in [0.2, 0.25) is 6.41 Å². The maximum absolute atomic E-state index is 14.8. The molecule has 6 heteroatoms. The van der Waals surface area contributed by atoms with E-state index in [1.807, 2.05) is 57.2 Å². The highest BCUT2D eigenvalue weighted by atomic mass is 35.5. The van der Waals surface area contributed by atoms with Gasteiger partial charge in [-0.1, -0.05) is 121 Å². The number of carbonyl (C=O) groups is 1. The van der Waals surface area contributed by atoms with Crippen LogP contribution in [0.3, 0.4) is 0 Å². The average molecular weight is 739 g/mol. The van der Waals surface area contributed by atoms with Crippen LogP contribution >= 0.6 is 23.2 Å². The Morgan fingerprint density at radius 3 is 2.04 bits per heavy atom. The van der Waals surface area contributed by atoms with Crippen LogP contribution in [0.2, 0.25) is 10.0 Å². The van der Waals surface area contributed by atoms with Crippen LogP contribution < -0.4 is 10.1 Å². The Balaban J connectivity index is 0.00000138. The summed E-state index contributed by atoms with van der Waals surface area (Å²) in [7, 11) is 0. The molecule has 3 unspecified atom stereocenters. The van der Waals surface area contributed by atoms with Gasteiger partial charge in [-0.25, -0.2) is 4.39 Å². The summed E-state index contributed by atoms with van der Waals surface area (Å²) in [6.45, 7) is 25.8. The molecule has 0 radical (unpaired) electrons. The van der Waals surface area contributed by atoms with Crippen molar-refractivity contribution in [3.63, 3.8) is 0 Å². The van der Waals surface area contributed by atoms with E-state index in [2.05, 4.69) is 66.4 Å². The second-order valence-corrected chi connectivity index (χ2v) is 15.1. The van der Waals surface area contributed by atoms with E-state index >= 15 is 0 Å². The number of hydrogen-bond acceptors (Lipinski definition) is 2. The molecule has 0 aromatic heterocycles. The van der Waals surface area contributed by atoms with Crippen LogP contribution in [-0.2, 0) is 4.79 Å². The molecule has 0 saturated carbocycles. The lowest BCUT2D eigenvalue weighted by atomic mass is 9.69. The van der Waals surface area contributed by atoms with Gasteiger partial charge >= 0.3 is 0 Å². The summed E-state index contributed by atoms with van der Waals surface area (Å²) in [5, 5.41) is 4.00. The van der Waals surface area contributed by atoms with Crippen molar-refractivity contribution < 1.29 is 13.9 Å². The first-order chi connectivity index (χ1) is 24.2. The fourth-order valence-electron chi connectivity index (χ4n) is 6.98. The molecule has 0 fully saturated rings. The third-order valence-corrected chi connectivity index (χ3v) is 11.0. The summed E-state index contributed by atoms with van der Waals surface area (Å²) in [4.78, 5) is 11.8. The molecular formula is C45H62Cl2FNO2. The summed E-state index contributed by atoms with van der Waals surface area (Å²) in [6.07, 6.45) is 9.69. The first-order valence-electron chi connectivity index (χ1n) is 18.7. The Hall–Kier alpha value is -3.08. The van der Waals surface area contributed by atoms with Gasteiger partial charge in [0.15, 0.2) is 0 Å². The number of halogens is 3. The van der Waals surface area contributed by atoms with Gasteiger partial charge in [-0.3, -0.25) is 4.79 Å². The van der Waals surface area contributed by atoms with Gasteiger partial charge in [0, 0.05) is 15.7 Å². The number of aryl methyl sites for hydroxylation is 1. The monoisotopic (exact) mass is 737 g/mol. The quantitative estimate of drug-likeness (QED) is 0.104. The standard InChI is InChI=1S/C39H48Cl2FNO2.C6H14/c1-9-18-39(19-10-2,25(4)5)45-37-17-14-29(40)21-34(37)35(20-26(6)11-3)38(28(8)33-23-31(42)15-12-27(33)7)32-16-13-30(41)22-36(32)43-24-44;1-4-6(3)5-2/h11-17,21-24,28,35,38H,4,9-10,18-20H2,1-3,5-8H3,(H,43,44);6H,4-5H2,1-3H3/b26-11+;. The number of nitrogens with one attached hydrogen (secondary N) is 1. The van der Waals surface area contributed by atoms with Gasteiger partial charge in [0.05, 0.1) is 0 Å². The minimum absolute atomic E-state index is 0.173. The smallest absolute Gasteiger partial charge is 0.211 e. The summed E-state index contributed by atoms with van der Waals surface area (Å²) in [5.74, 6) is 0.814. The Bertz CT molecular complexity index is 1590. The number of carbonyl (C=O) groups excluding carboxylic acids is 1. The second kappa shape index (κ2) is 21.4. The molecule has 280 valence electrons. The van der Waals surface area contributed by atoms with Crippen molar-refractivity contribution >= 4 is 35.3 Å². The molecule has 3 aromatic carbocycles. The van der Waals surface area contributed by atoms with Gasteiger partial charge in [-0.2, -0.15) is 0 Å². The molecule has 0 aliphatic carbocycles. The zero-order chi connectivity index (χ0) is 38.3. The molecule has 0 aliphatic rings. The molecule has 0 spiro atoms. The highest BCUT2D eigenvalue weighted by molar-refractivity contribution is 6.31. The normalized spacial score (nSPS) is 13.6. The van der Waals surface area contributed by atoms with Crippen molar-refractivity contribution in [2.45, 2.75) is 138 Å². The Morgan fingerprint density at radius 1 is 0.902 bits per heavy atom. The first kappa shape index (κ1) is 44.1. The molecule has 0 aliphatic heterocycles. The van der Waals surface area contributed by atoms with E-state index in [1.165, 1.54) is 24.5 Å². The molecule has 0 bridgehead atoms. The predicted octanol–water partition coefficient (Wildman–Crippen LogP) is 14.8. The summed E-state index contributed by atoms with van der Waals surface area (Å²) in [5.41, 5.74) is 6.00. The van der Waals surface area contributed by atoms with Crippen molar-refractivity contribution in [3.05, 3.63) is 117 Å². The molecule has 0 saturated heterocycles. The van der Waals surface area contributed by atoms with E-state index < -0.39 is 5.60 Å². The van der Waals surface area contributed by atoms with Crippen molar-refractivity contribution in [1.82, 2.24) is 0 Å². The van der Waals surface area contributed by atoms with Gasteiger partial charge in [-0.15, -0.1) is 0 Å². The van der Waals surface area contributed by atoms with Crippen LogP contribution in [0.25, 0.3) is 0 Å². The largest absolute Gasteiger partial charge is 0.483 e. The third kappa shape index (κ3) is 12.2. The molecular weight excluding hydrogens is 676 g/mol. The molecule has 3 rings (SSSR count). The van der Waals surface area contributed by atoms with Crippen LogP contribution in [-0.4, -0.2) is 12.0 Å². The van der Waals surface area contributed by atoms with Gasteiger partial charge in [0.25, 0.3) is 0 Å². The van der Waals surface area contributed by atoms with Crippen molar-refractivity contribution in [2.24, 2.45) is 5.92 Å². The predicted molar refractivity (Wildman–Crippen MR) is 219 cm³/mol. The zero-order valence-electron chi connectivity index (χ0n) is 32.8. The lowest BCUT2D eigenvalue weighted by Crippen LogP contribution is -2.37. The van der Waals surface area contributed by atoms with Gasteiger partial charge in [0.1, 0.15) is 17.2 Å². The number of allylic oxidation sites excluding steroid dienone is 2. The van der Waals surface area contributed by atoms with Crippen molar-refractivity contribution in [1.29, 1.82) is 0 Å². The van der Waals surface area contributed by atoms with E-state index in [4.69, 9.17) is 27.9 Å².